The van der Waals surface area contributed by atoms with Crippen molar-refractivity contribution in [3.05, 3.63) is 59.7 Å². The van der Waals surface area contributed by atoms with Gasteiger partial charge in [0.2, 0.25) is 5.91 Å². The Morgan fingerprint density at radius 3 is 2.55 bits per heavy atom. The van der Waals surface area contributed by atoms with Crippen molar-refractivity contribution in [3.63, 3.8) is 0 Å². The molecule has 1 spiro atoms. The van der Waals surface area contributed by atoms with Crippen LogP contribution < -0.4 is 15.4 Å². The molecule has 0 aliphatic carbocycles. The zero-order chi connectivity index (χ0) is 22.2. The number of nitrogens with one attached hydrogen (secondary N) is 2. The Bertz CT molecular complexity index is 1070. The molecule has 2 N–H and O–H groups in total. The van der Waals surface area contributed by atoms with Gasteiger partial charge in [0.05, 0.1) is 6.61 Å². The third-order valence-corrected chi connectivity index (χ3v) is 5.38. The Kier molecular flexibility index (Phi) is 5.10. The highest BCUT2D eigenvalue weighted by molar-refractivity contribution is 6.10. The normalized spacial score (nSPS) is 19.5. The van der Waals surface area contributed by atoms with Crippen molar-refractivity contribution < 1.29 is 23.9 Å². The van der Waals surface area contributed by atoms with Gasteiger partial charge in [-0.2, -0.15) is 0 Å². The van der Waals surface area contributed by atoms with Crippen LogP contribution in [-0.2, 0) is 15.1 Å². The average Bonchev–Trinajstić information content (AvgIpc) is 2.98. The Morgan fingerprint density at radius 1 is 1.13 bits per heavy atom. The fourth-order valence-corrected chi connectivity index (χ4v) is 3.81. The molecule has 1 saturated heterocycles. The molecular formula is C22H22N4O5. The Morgan fingerprint density at radius 2 is 1.84 bits per heavy atom. The molecule has 0 aromatic heterocycles. The lowest BCUT2D eigenvalue weighted by atomic mass is 9.84. The zero-order valence-corrected chi connectivity index (χ0v) is 17.2. The summed E-state index contributed by atoms with van der Waals surface area (Å²) in [5, 5.41) is 5.41. The van der Waals surface area contributed by atoms with Crippen LogP contribution in [0.2, 0.25) is 0 Å². The standard InChI is InChI=1S/C22H22N4O5/c1-25(2)19(28)14-7-9-15(10-8-14)23-18(27)13-26-20(29)22(24-21(26)30)11-12-31-17-6-4-3-5-16(17)22/h3-10H,11-13H2,1-2H3,(H,23,27)(H,24,30). The van der Waals surface area contributed by atoms with Gasteiger partial charge >= 0.3 is 6.03 Å². The van der Waals surface area contributed by atoms with Crippen LogP contribution in [0.3, 0.4) is 0 Å². The number of benzene rings is 2. The summed E-state index contributed by atoms with van der Waals surface area (Å²) in [6.07, 6.45) is 0.286. The summed E-state index contributed by atoms with van der Waals surface area (Å²) in [7, 11) is 3.31. The monoisotopic (exact) mass is 422 g/mol. The molecular weight excluding hydrogens is 400 g/mol. The molecule has 4 rings (SSSR count). The Labute approximate surface area is 179 Å². The van der Waals surface area contributed by atoms with Crippen LogP contribution in [0.1, 0.15) is 22.3 Å². The molecule has 5 amide bonds. The maximum atomic E-state index is 13.2. The molecule has 9 nitrogen and oxygen atoms in total. The Hall–Kier alpha value is -3.88. The fourth-order valence-electron chi connectivity index (χ4n) is 3.81. The van der Waals surface area contributed by atoms with E-state index in [4.69, 9.17) is 4.74 Å². The van der Waals surface area contributed by atoms with E-state index < -0.39 is 29.9 Å². The SMILES string of the molecule is CN(C)C(=O)c1ccc(NC(=O)CN2C(=O)NC3(CCOc4ccccc43)C2=O)cc1. The van der Waals surface area contributed by atoms with E-state index in [0.29, 0.717) is 22.6 Å². The third kappa shape index (κ3) is 3.58. The first-order valence-electron chi connectivity index (χ1n) is 9.80. The second-order valence-corrected chi connectivity index (χ2v) is 7.65. The third-order valence-electron chi connectivity index (χ3n) is 5.38. The second kappa shape index (κ2) is 7.75. The maximum Gasteiger partial charge on any atom is 0.325 e. The van der Waals surface area contributed by atoms with E-state index in [1.165, 1.54) is 4.90 Å². The van der Waals surface area contributed by atoms with Crippen molar-refractivity contribution in [2.45, 2.75) is 12.0 Å². The minimum absolute atomic E-state index is 0.153. The van der Waals surface area contributed by atoms with Crippen molar-refractivity contribution in [1.29, 1.82) is 0 Å². The molecule has 0 radical (unpaired) electrons. The highest BCUT2D eigenvalue weighted by Crippen LogP contribution is 2.40. The zero-order valence-electron chi connectivity index (χ0n) is 17.2. The van der Waals surface area contributed by atoms with Gasteiger partial charge in [0.1, 0.15) is 12.3 Å². The number of nitrogens with zero attached hydrogens (tertiary/aromatic N) is 2. The summed E-state index contributed by atoms with van der Waals surface area (Å²) in [6, 6.07) is 12.8. The summed E-state index contributed by atoms with van der Waals surface area (Å²) in [6.45, 7) is -0.144. The van der Waals surface area contributed by atoms with Gasteiger partial charge in [-0.15, -0.1) is 0 Å². The molecule has 0 bridgehead atoms. The summed E-state index contributed by atoms with van der Waals surface area (Å²) in [5.74, 6) is -0.608. The molecule has 2 aromatic rings. The van der Waals surface area contributed by atoms with Crippen LogP contribution >= 0.6 is 0 Å². The quantitative estimate of drug-likeness (QED) is 0.727. The first-order valence-corrected chi connectivity index (χ1v) is 9.80. The smallest absolute Gasteiger partial charge is 0.325 e. The van der Waals surface area contributed by atoms with Crippen molar-refractivity contribution in [2.24, 2.45) is 0 Å². The first kappa shape index (κ1) is 20.4. The van der Waals surface area contributed by atoms with Gasteiger partial charge in [-0.1, -0.05) is 18.2 Å². The molecule has 1 atom stereocenters. The van der Waals surface area contributed by atoms with Crippen LogP contribution in [0.25, 0.3) is 0 Å². The van der Waals surface area contributed by atoms with E-state index in [1.807, 2.05) is 0 Å². The van der Waals surface area contributed by atoms with E-state index in [2.05, 4.69) is 10.6 Å². The van der Waals surface area contributed by atoms with Gasteiger partial charge < -0.3 is 20.3 Å². The highest BCUT2D eigenvalue weighted by Gasteiger charge is 2.55. The highest BCUT2D eigenvalue weighted by atomic mass is 16.5. The summed E-state index contributed by atoms with van der Waals surface area (Å²) in [5.41, 5.74) is 0.305. The van der Waals surface area contributed by atoms with Crippen molar-refractivity contribution in [3.8, 4) is 5.75 Å². The minimum atomic E-state index is -1.22. The first-order chi connectivity index (χ1) is 14.8. The number of para-hydroxylation sites is 1. The lowest BCUT2D eigenvalue weighted by Gasteiger charge is -2.33. The van der Waals surface area contributed by atoms with Gasteiger partial charge in [-0.3, -0.25) is 19.3 Å². The number of urea groups is 1. The largest absolute Gasteiger partial charge is 0.493 e. The lowest BCUT2D eigenvalue weighted by Crippen LogP contribution is -2.48. The van der Waals surface area contributed by atoms with Crippen LogP contribution in [-0.4, -0.2) is 60.8 Å². The van der Waals surface area contributed by atoms with E-state index in [1.54, 1.807) is 62.6 Å². The van der Waals surface area contributed by atoms with E-state index in [0.717, 1.165) is 4.90 Å². The topological polar surface area (TPSA) is 108 Å². The molecule has 1 fully saturated rings. The lowest BCUT2D eigenvalue weighted by molar-refractivity contribution is -0.135. The van der Waals surface area contributed by atoms with E-state index >= 15 is 0 Å². The van der Waals surface area contributed by atoms with E-state index in [-0.39, 0.29) is 18.9 Å². The van der Waals surface area contributed by atoms with Gasteiger partial charge in [0.25, 0.3) is 11.8 Å². The molecule has 2 aliphatic heterocycles. The molecule has 2 heterocycles. The van der Waals surface area contributed by atoms with E-state index in [9.17, 15) is 19.2 Å². The number of carbonyl (C=O) groups excluding carboxylic acids is 4. The number of amides is 5. The number of ether oxygens (including phenoxy) is 1. The van der Waals surface area contributed by atoms with Gasteiger partial charge in [-0.25, -0.2) is 4.79 Å². The number of carbonyl (C=O) groups is 4. The summed E-state index contributed by atoms with van der Waals surface area (Å²) in [4.78, 5) is 52.6. The number of hydrogen-bond donors (Lipinski definition) is 2. The number of anilines is 1. The van der Waals surface area contributed by atoms with Crippen molar-refractivity contribution in [2.75, 3.05) is 32.6 Å². The predicted molar refractivity (Wildman–Crippen MR) is 112 cm³/mol. The Balaban J connectivity index is 1.47. The molecule has 0 saturated carbocycles. The molecule has 9 heteroatoms. The van der Waals surface area contributed by atoms with Gasteiger partial charge in [-0.05, 0) is 30.3 Å². The summed E-state index contributed by atoms with van der Waals surface area (Å²) >= 11 is 0. The van der Waals surface area contributed by atoms with Gasteiger partial charge in [0.15, 0.2) is 5.54 Å². The summed E-state index contributed by atoms with van der Waals surface area (Å²) < 4.78 is 5.60. The average molecular weight is 422 g/mol. The van der Waals surface area contributed by atoms with Crippen molar-refractivity contribution >= 4 is 29.4 Å². The molecule has 2 aliphatic rings. The van der Waals surface area contributed by atoms with Gasteiger partial charge in [0, 0.05) is 37.3 Å². The maximum absolute atomic E-state index is 13.2. The second-order valence-electron chi connectivity index (χ2n) is 7.65. The molecule has 1 unspecified atom stereocenters. The number of fused-ring (bicyclic) bond motifs is 2. The van der Waals surface area contributed by atoms with Crippen LogP contribution in [0.5, 0.6) is 5.75 Å². The minimum Gasteiger partial charge on any atom is -0.493 e. The fraction of sp³-hybridized carbons (Fsp3) is 0.273. The number of imide groups is 1. The predicted octanol–water partition coefficient (Wildman–Crippen LogP) is 1.56. The molecule has 2 aromatic carbocycles. The van der Waals surface area contributed by atoms with Crippen LogP contribution in [0, 0.1) is 0 Å². The number of hydrogen-bond acceptors (Lipinski definition) is 5. The van der Waals surface area contributed by atoms with Crippen LogP contribution in [0.4, 0.5) is 10.5 Å². The molecule has 160 valence electrons. The van der Waals surface area contributed by atoms with Crippen LogP contribution in [0.15, 0.2) is 48.5 Å². The van der Waals surface area contributed by atoms with Crippen molar-refractivity contribution in [1.82, 2.24) is 15.1 Å². The molecule has 31 heavy (non-hydrogen) atoms. The number of rotatable bonds is 4.